The first-order valence-electron chi connectivity index (χ1n) is 12.9. The number of nitrogens with zero attached hydrogens (tertiary/aromatic N) is 2. The van der Waals surface area contributed by atoms with Gasteiger partial charge in [0.1, 0.15) is 11.5 Å². The quantitative estimate of drug-likeness (QED) is 0.329. The number of hydrogen-bond acceptors (Lipinski definition) is 5. The van der Waals surface area contributed by atoms with Gasteiger partial charge in [-0.25, -0.2) is 9.97 Å². The minimum atomic E-state index is -0.0557. The van der Waals surface area contributed by atoms with Crippen molar-refractivity contribution in [3.63, 3.8) is 0 Å². The molecule has 6 heteroatoms. The van der Waals surface area contributed by atoms with Crippen LogP contribution >= 0.6 is 0 Å². The maximum atomic E-state index is 13.2. The molecule has 3 aromatic carbocycles. The van der Waals surface area contributed by atoms with E-state index in [1.807, 2.05) is 66.7 Å². The maximum Gasteiger partial charge on any atom is 0.251 e. The predicted octanol–water partition coefficient (Wildman–Crippen LogP) is 6.54. The van der Waals surface area contributed by atoms with E-state index in [2.05, 4.69) is 19.2 Å². The van der Waals surface area contributed by atoms with Gasteiger partial charge in [-0.3, -0.25) is 4.79 Å². The molecule has 0 aliphatic heterocycles. The molecule has 0 spiro atoms. The molecule has 5 rings (SSSR count). The molecule has 1 fully saturated rings. The molecule has 4 aromatic rings. The summed E-state index contributed by atoms with van der Waals surface area (Å²) in [7, 11) is 3.30. The highest BCUT2D eigenvalue weighted by Gasteiger charge is 2.28. The van der Waals surface area contributed by atoms with Crippen molar-refractivity contribution in [2.75, 3.05) is 14.2 Å². The third-order valence-corrected chi connectivity index (χ3v) is 7.68. The number of benzene rings is 3. The van der Waals surface area contributed by atoms with E-state index in [-0.39, 0.29) is 11.9 Å². The van der Waals surface area contributed by atoms with Crippen molar-refractivity contribution in [3.8, 4) is 34.0 Å². The Labute approximate surface area is 218 Å². The third-order valence-electron chi connectivity index (χ3n) is 7.68. The lowest BCUT2D eigenvalue weighted by molar-refractivity contribution is 0.0891. The van der Waals surface area contributed by atoms with E-state index < -0.39 is 0 Å². The number of ether oxygens (including phenoxy) is 2. The molecule has 0 saturated heterocycles. The zero-order valence-electron chi connectivity index (χ0n) is 21.8. The van der Waals surface area contributed by atoms with E-state index in [0.29, 0.717) is 22.9 Å². The maximum absolute atomic E-state index is 13.2. The van der Waals surface area contributed by atoms with Crippen molar-refractivity contribution in [1.82, 2.24) is 15.3 Å². The van der Waals surface area contributed by atoms with E-state index in [9.17, 15) is 4.79 Å². The van der Waals surface area contributed by atoms with Gasteiger partial charge in [-0.2, -0.15) is 0 Å². The molecule has 1 aliphatic rings. The summed E-state index contributed by atoms with van der Waals surface area (Å²) in [6.45, 7) is 4.51. The summed E-state index contributed by atoms with van der Waals surface area (Å²) in [6.07, 6.45) is 3.40. The molecule has 1 aliphatic carbocycles. The lowest BCUT2D eigenvalue weighted by Crippen LogP contribution is -2.43. The molecule has 0 unspecified atom stereocenters. The fourth-order valence-corrected chi connectivity index (χ4v) is 5.13. The van der Waals surface area contributed by atoms with Crippen LogP contribution in [0.15, 0.2) is 66.7 Å². The summed E-state index contributed by atoms with van der Waals surface area (Å²) in [6, 6.07) is 21.3. The first kappa shape index (κ1) is 24.8. The van der Waals surface area contributed by atoms with Crippen LogP contribution in [-0.2, 0) is 0 Å². The van der Waals surface area contributed by atoms with Gasteiger partial charge in [-0.05, 0) is 85.0 Å². The third kappa shape index (κ3) is 5.15. The Bertz CT molecular complexity index is 1400. The van der Waals surface area contributed by atoms with Crippen LogP contribution in [0.1, 0.15) is 43.5 Å². The fraction of sp³-hybridized carbons (Fsp3) is 0.323. The first-order valence-corrected chi connectivity index (χ1v) is 12.9. The molecular weight excluding hydrogens is 462 g/mol. The number of hydrogen-bond donors (Lipinski definition) is 1. The highest BCUT2D eigenvalue weighted by molar-refractivity contribution is 5.98. The molecule has 6 nitrogen and oxygen atoms in total. The average molecular weight is 496 g/mol. The summed E-state index contributed by atoms with van der Waals surface area (Å²) in [4.78, 5) is 23.2. The van der Waals surface area contributed by atoms with Crippen LogP contribution in [0, 0.1) is 11.8 Å². The lowest BCUT2D eigenvalue weighted by atomic mass is 9.78. The van der Waals surface area contributed by atoms with Gasteiger partial charge in [0.05, 0.1) is 36.6 Å². The minimum absolute atomic E-state index is 0.0557. The van der Waals surface area contributed by atoms with Crippen molar-refractivity contribution in [1.29, 1.82) is 0 Å². The minimum Gasteiger partial charge on any atom is -0.497 e. The molecule has 3 atom stereocenters. The number of aromatic nitrogens is 2. The molecule has 1 saturated carbocycles. The van der Waals surface area contributed by atoms with Gasteiger partial charge in [-0.15, -0.1) is 0 Å². The fourth-order valence-electron chi connectivity index (χ4n) is 5.13. The van der Waals surface area contributed by atoms with Crippen molar-refractivity contribution in [2.24, 2.45) is 11.8 Å². The van der Waals surface area contributed by atoms with Crippen LogP contribution in [0.2, 0.25) is 0 Å². The summed E-state index contributed by atoms with van der Waals surface area (Å²) in [5.41, 5.74) is 5.38. The Morgan fingerprint density at radius 2 is 1.35 bits per heavy atom. The SMILES string of the molecule is COc1ccc(-c2nc3ccc(C(=O)N[C@@H]4CCC[C@@H](C)[C@H]4C)cc3nc2-c2ccc(OC)cc2)cc1. The highest BCUT2D eigenvalue weighted by atomic mass is 16.5. The number of rotatable bonds is 6. The van der Waals surface area contributed by atoms with Gasteiger partial charge in [0.2, 0.25) is 0 Å². The van der Waals surface area contributed by atoms with E-state index in [1.165, 1.54) is 6.42 Å². The normalized spacial score (nSPS) is 19.4. The van der Waals surface area contributed by atoms with Crippen molar-refractivity contribution < 1.29 is 14.3 Å². The molecule has 0 radical (unpaired) electrons. The zero-order chi connectivity index (χ0) is 25.9. The number of methoxy groups -OCH3 is 2. The number of carbonyl (C=O) groups excluding carboxylic acids is 1. The lowest BCUT2D eigenvalue weighted by Gasteiger charge is -2.34. The number of fused-ring (bicyclic) bond motifs is 1. The molecule has 190 valence electrons. The monoisotopic (exact) mass is 495 g/mol. The van der Waals surface area contributed by atoms with Crippen LogP contribution in [-0.4, -0.2) is 36.1 Å². The van der Waals surface area contributed by atoms with Crippen LogP contribution in [0.4, 0.5) is 0 Å². The smallest absolute Gasteiger partial charge is 0.251 e. The van der Waals surface area contributed by atoms with Gasteiger partial charge in [0, 0.05) is 22.7 Å². The van der Waals surface area contributed by atoms with E-state index in [1.54, 1.807) is 14.2 Å². The van der Waals surface area contributed by atoms with Crippen LogP contribution in [0.5, 0.6) is 11.5 Å². The molecule has 1 heterocycles. The Balaban J connectivity index is 1.54. The van der Waals surface area contributed by atoms with Crippen LogP contribution < -0.4 is 14.8 Å². The van der Waals surface area contributed by atoms with Crippen LogP contribution in [0.3, 0.4) is 0 Å². The van der Waals surface area contributed by atoms with Gasteiger partial charge in [0.15, 0.2) is 0 Å². The summed E-state index contributed by atoms with van der Waals surface area (Å²) in [5, 5.41) is 3.27. The molecular formula is C31H33N3O3. The van der Waals surface area contributed by atoms with E-state index in [0.717, 1.165) is 52.4 Å². The second kappa shape index (κ2) is 10.6. The van der Waals surface area contributed by atoms with Gasteiger partial charge in [0.25, 0.3) is 5.91 Å². The van der Waals surface area contributed by atoms with E-state index in [4.69, 9.17) is 19.4 Å². The molecule has 0 bridgehead atoms. The van der Waals surface area contributed by atoms with Crippen molar-refractivity contribution in [3.05, 3.63) is 72.3 Å². The predicted molar refractivity (Wildman–Crippen MR) is 147 cm³/mol. The Kier molecular flexibility index (Phi) is 7.08. The second-order valence-electron chi connectivity index (χ2n) is 9.93. The molecule has 1 aromatic heterocycles. The standard InChI is InChI=1S/C31H33N3O3/c1-19-6-5-7-26(20(19)2)34-31(35)23-12-17-27-28(18-23)33-30(22-10-15-25(37-4)16-11-22)29(32-27)21-8-13-24(36-3)14-9-21/h8-20,26H,5-7H2,1-4H3,(H,34,35)/t19-,20-,26-/m1/s1. The number of carbonyl (C=O) groups is 1. The molecule has 37 heavy (non-hydrogen) atoms. The topological polar surface area (TPSA) is 73.3 Å². The summed E-state index contributed by atoms with van der Waals surface area (Å²) in [5.74, 6) is 2.58. The van der Waals surface area contributed by atoms with Crippen LogP contribution in [0.25, 0.3) is 33.5 Å². The summed E-state index contributed by atoms with van der Waals surface area (Å²) < 4.78 is 10.7. The Hall–Kier alpha value is -3.93. The Morgan fingerprint density at radius 1 is 0.784 bits per heavy atom. The highest BCUT2D eigenvalue weighted by Crippen LogP contribution is 2.33. The van der Waals surface area contributed by atoms with Gasteiger partial charge < -0.3 is 14.8 Å². The summed E-state index contributed by atoms with van der Waals surface area (Å²) >= 11 is 0. The Morgan fingerprint density at radius 3 is 1.92 bits per heavy atom. The largest absolute Gasteiger partial charge is 0.497 e. The zero-order valence-corrected chi connectivity index (χ0v) is 21.8. The second-order valence-corrected chi connectivity index (χ2v) is 9.93. The van der Waals surface area contributed by atoms with E-state index >= 15 is 0 Å². The number of amides is 1. The average Bonchev–Trinajstić information content (AvgIpc) is 2.94. The number of nitrogens with one attached hydrogen (secondary N) is 1. The van der Waals surface area contributed by atoms with Crippen molar-refractivity contribution in [2.45, 2.75) is 39.2 Å². The van der Waals surface area contributed by atoms with Gasteiger partial charge in [-0.1, -0.05) is 26.7 Å². The molecule has 1 N–H and O–H groups in total. The molecule has 1 amide bonds. The first-order chi connectivity index (χ1) is 18.0. The van der Waals surface area contributed by atoms with Crippen molar-refractivity contribution >= 4 is 16.9 Å². The van der Waals surface area contributed by atoms with Gasteiger partial charge >= 0.3 is 0 Å².